The SMILES string of the molecule is Cc1cc(C(C)(C)C)cc(C(C)(C)C)c1C(CCCCCCCCCCCCCCCCC[PH](O)(O)O)c1c(C)cc(C(C)(C)C)cc1C(C)(C)C. The Bertz CT molecular complexity index is 1270. The zero-order valence-corrected chi connectivity index (χ0v) is 37.7. The van der Waals surface area contributed by atoms with Gasteiger partial charge < -0.3 is 0 Å². The summed E-state index contributed by atoms with van der Waals surface area (Å²) >= 11 is 0. The third kappa shape index (κ3) is 15.8. The van der Waals surface area contributed by atoms with Crippen LogP contribution in [0.2, 0.25) is 0 Å². The predicted molar refractivity (Wildman–Crippen MR) is 233 cm³/mol. The summed E-state index contributed by atoms with van der Waals surface area (Å²) < 4.78 is 0. The molecule has 3 nitrogen and oxygen atoms in total. The number of benzene rings is 2. The van der Waals surface area contributed by atoms with Crippen LogP contribution in [0.5, 0.6) is 0 Å². The van der Waals surface area contributed by atoms with Crippen LogP contribution in [0.4, 0.5) is 0 Å². The Kier molecular flexibility index (Phi) is 18.1. The van der Waals surface area contributed by atoms with Crippen molar-refractivity contribution in [3.63, 3.8) is 0 Å². The molecule has 2 aromatic carbocycles. The van der Waals surface area contributed by atoms with Crippen molar-refractivity contribution in [2.45, 2.75) is 227 Å². The first-order valence-electron chi connectivity index (χ1n) is 21.3. The summed E-state index contributed by atoms with van der Waals surface area (Å²) in [5.41, 5.74) is 12.4. The smallest absolute Gasteiger partial charge is 0.0129 e. The maximum absolute atomic E-state index is 9.11. The number of unbranched alkanes of at least 4 members (excludes halogenated alkanes) is 14. The Hall–Kier alpha value is -1.25. The van der Waals surface area contributed by atoms with Crippen molar-refractivity contribution in [3.05, 3.63) is 68.8 Å². The molecule has 300 valence electrons. The molecule has 52 heavy (non-hydrogen) atoms. The Morgan fingerprint density at radius 1 is 0.423 bits per heavy atom. The second-order valence-electron chi connectivity index (χ2n) is 20.7. The fraction of sp³-hybridized carbons (Fsp3) is 0.750. The van der Waals surface area contributed by atoms with Crippen LogP contribution < -0.4 is 0 Å². The van der Waals surface area contributed by atoms with Crippen LogP contribution in [0.15, 0.2) is 24.3 Å². The molecule has 0 aliphatic carbocycles. The molecule has 0 saturated carbocycles. The zero-order valence-electron chi connectivity index (χ0n) is 36.7. The van der Waals surface area contributed by atoms with Gasteiger partial charge in [-0.2, -0.15) is 0 Å². The van der Waals surface area contributed by atoms with Crippen LogP contribution in [0.25, 0.3) is 0 Å². The van der Waals surface area contributed by atoms with Crippen molar-refractivity contribution in [1.82, 2.24) is 0 Å². The molecule has 0 heterocycles. The molecule has 0 radical (unpaired) electrons. The molecule has 2 rings (SSSR count). The summed E-state index contributed by atoms with van der Waals surface area (Å²) in [6, 6.07) is 10.1. The monoisotopic (exact) mass is 741 g/mol. The predicted octanol–water partition coefficient (Wildman–Crippen LogP) is 14.3. The minimum Gasteiger partial charge on any atom is -0.0561 e. The van der Waals surface area contributed by atoms with Gasteiger partial charge in [-0.3, -0.25) is 0 Å². The molecule has 0 atom stereocenters. The van der Waals surface area contributed by atoms with Gasteiger partial charge in [-0.25, -0.2) is 0 Å². The summed E-state index contributed by atoms with van der Waals surface area (Å²) in [4.78, 5) is 27.3. The van der Waals surface area contributed by atoms with Crippen molar-refractivity contribution in [3.8, 4) is 0 Å². The van der Waals surface area contributed by atoms with E-state index in [0.29, 0.717) is 5.92 Å². The molecule has 0 spiro atoms. The summed E-state index contributed by atoms with van der Waals surface area (Å²) in [5.74, 6) is 0.384. The molecule has 0 bridgehead atoms. The van der Waals surface area contributed by atoms with Crippen molar-refractivity contribution in [2.24, 2.45) is 0 Å². The normalized spacial score (nSPS) is 13.7. The first kappa shape index (κ1) is 46.9. The zero-order chi connectivity index (χ0) is 39.5. The standard InChI is InChI=1S/C48H85O3P/c1-36-32-38(45(3,4)5)34-41(47(9,10)11)43(36)40(44-37(2)33-39(46(6,7)8)35-42(44)48(12,13)14)30-28-26-24-22-20-18-16-15-17-19-21-23-25-27-29-31-52(49,50)51/h32-35,40,49-52H,15-31H2,1-14H3. The number of aryl methyl sites for hydroxylation is 2. The van der Waals surface area contributed by atoms with E-state index in [-0.39, 0.29) is 27.8 Å². The number of hydrogen-bond acceptors (Lipinski definition) is 3. The van der Waals surface area contributed by atoms with Crippen molar-refractivity contribution < 1.29 is 14.7 Å². The Morgan fingerprint density at radius 3 is 0.981 bits per heavy atom. The van der Waals surface area contributed by atoms with Gasteiger partial charge in [0.1, 0.15) is 0 Å². The molecule has 3 N–H and O–H groups in total. The van der Waals surface area contributed by atoms with E-state index in [1.807, 2.05) is 0 Å². The molecule has 0 saturated heterocycles. The molecular formula is C48H85O3P. The van der Waals surface area contributed by atoms with Crippen LogP contribution in [-0.4, -0.2) is 20.8 Å². The van der Waals surface area contributed by atoms with E-state index in [0.717, 1.165) is 19.3 Å². The van der Waals surface area contributed by atoms with Gasteiger partial charge in [0.2, 0.25) is 0 Å². The second-order valence-corrected chi connectivity index (χ2v) is 22.7. The minimum absolute atomic E-state index is 0.0545. The largest absolute Gasteiger partial charge is 0.0561 e. The average molecular weight is 741 g/mol. The number of hydrogen-bond donors (Lipinski definition) is 3. The Balaban J connectivity index is 2.13. The summed E-state index contributed by atoms with van der Waals surface area (Å²) in [5, 5.41) is 0. The topological polar surface area (TPSA) is 60.7 Å². The van der Waals surface area contributed by atoms with Crippen molar-refractivity contribution in [1.29, 1.82) is 0 Å². The fourth-order valence-corrected chi connectivity index (χ4v) is 8.79. The molecule has 0 amide bonds. The molecule has 0 aliphatic heterocycles. The molecule has 4 heteroatoms. The van der Waals surface area contributed by atoms with Gasteiger partial charge in [0.15, 0.2) is 0 Å². The van der Waals surface area contributed by atoms with Crippen molar-refractivity contribution in [2.75, 3.05) is 6.16 Å². The van der Waals surface area contributed by atoms with Gasteiger partial charge >= 0.3 is 99.4 Å². The third-order valence-corrected chi connectivity index (χ3v) is 12.3. The van der Waals surface area contributed by atoms with E-state index < -0.39 is 7.94 Å². The summed E-state index contributed by atoms with van der Waals surface area (Å²) in [6.07, 6.45) is 20.0. The van der Waals surface area contributed by atoms with Gasteiger partial charge in [-0.15, -0.1) is 0 Å². The van der Waals surface area contributed by atoms with E-state index in [4.69, 9.17) is 14.7 Å². The Labute approximate surface area is 323 Å². The van der Waals surface area contributed by atoms with Crippen LogP contribution in [0.1, 0.15) is 236 Å². The van der Waals surface area contributed by atoms with Gasteiger partial charge in [-0.05, 0) is 86.4 Å². The van der Waals surface area contributed by atoms with Gasteiger partial charge in [0, 0.05) is 5.92 Å². The van der Waals surface area contributed by atoms with E-state index >= 15 is 0 Å². The third-order valence-electron chi connectivity index (χ3n) is 11.3. The first-order valence-corrected chi connectivity index (χ1v) is 23.4. The molecule has 0 fully saturated rings. The average Bonchev–Trinajstić information content (AvgIpc) is 2.98. The minimum atomic E-state index is -3.83. The van der Waals surface area contributed by atoms with E-state index in [1.54, 1.807) is 11.1 Å². The maximum Gasteiger partial charge on any atom is -0.0129 e. The number of rotatable bonds is 20. The summed E-state index contributed by atoms with van der Waals surface area (Å²) in [6.45, 7) is 33.4. The first-order chi connectivity index (χ1) is 23.8. The van der Waals surface area contributed by atoms with Gasteiger partial charge in [0.25, 0.3) is 0 Å². The fourth-order valence-electron chi connectivity index (χ4n) is 8.07. The van der Waals surface area contributed by atoms with Crippen molar-refractivity contribution >= 4 is 7.94 Å². The van der Waals surface area contributed by atoms with E-state index in [1.165, 1.54) is 117 Å². The molecule has 0 aromatic heterocycles. The van der Waals surface area contributed by atoms with Crippen LogP contribution in [0, 0.1) is 13.8 Å². The van der Waals surface area contributed by atoms with Crippen LogP contribution in [0.3, 0.4) is 0 Å². The molecular weight excluding hydrogens is 655 g/mol. The molecule has 0 aliphatic rings. The second kappa shape index (κ2) is 20.1. The Morgan fingerprint density at radius 2 is 0.712 bits per heavy atom. The van der Waals surface area contributed by atoms with Gasteiger partial charge in [0.05, 0.1) is 0 Å². The van der Waals surface area contributed by atoms with Gasteiger partial charge in [-0.1, -0.05) is 133 Å². The summed E-state index contributed by atoms with van der Waals surface area (Å²) in [7, 11) is -3.83. The van der Waals surface area contributed by atoms with E-state index in [2.05, 4.69) is 121 Å². The molecule has 2 aromatic rings. The molecule has 0 unspecified atom stereocenters. The van der Waals surface area contributed by atoms with E-state index in [9.17, 15) is 0 Å². The maximum atomic E-state index is 9.11. The quantitative estimate of drug-likeness (QED) is 0.0936. The van der Waals surface area contributed by atoms with Crippen LogP contribution in [-0.2, 0) is 21.7 Å². The van der Waals surface area contributed by atoms with Crippen LogP contribution >= 0.6 is 7.94 Å².